The molecule has 4 aromatic carbocycles. The summed E-state index contributed by atoms with van der Waals surface area (Å²) in [5, 5.41) is 8.65. The summed E-state index contributed by atoms with van der Waals surface area (Å²) in [6, 6.07) is 23.2. The third-order valence-electron chi connectivity index (χ3n) is 7.93. The average molecular weight is 717 g/mol. The first-order valence-electron chi connectivity index (χ1n) is 16.3. The molecular formula is C38H38ClFN4O7. The van der Waals surface area contributed by atoms with E-state index >= 15 is 0 Å². The molecule has 4 aromatic rings. The molecule has 0 bridgehead atoms. The Morgan fingerprint density at radius 3 is 2.53 bits per heavy atom. The lowest BCUT2D eigenvalue weighted by Crippen LogP contribution is -2.54. The summed E-state index contributed by atoms with van der Waals surface area (Å²) in [5.41, 5.74) is 0.984. The van der Waals surface area contributed by atoms with Crippen LogP contribution >= 0.6 is 11.6 Å². The third-order valence-corrected chi connectivity index (χ3v) is 8.16. The van der Waals surface area contributed by atoms with Gasteiger partial charge in [-0.1, -0.05) is 60.1 Å². The van der Waals surface area contributed by atoms with Crippen LogP contribution in [-0.4, -0.2) is 73.5 Å². The molecule has 0 spiro atoms. The van der Waals surface area contributed by atoms with Gasteiger partial charge in [-0.2, -0.15) is 0 Å². The van der Waals surface area contributed by atoms with Crippen LogP contribution in [0.4, 0.5) is 4.39 Å². The molecule has 0 saturated heterocycles. The van der Waals surface area contributed by atoms with E-state index in [1.165, 1.54) is 17.0 Å². The van der Waals surface area contributed by atoms with Gasteiger partial charge in [-0.3, -0.25) is 19.2 Å². The highest BCUT2D eigenvalue weighted by Crippen LogP contribution is 2.33. The predicted octanol–water partition coefficient (Wildman–Crippen LogP) is 4.92. The standard InChI is InChI=1S/C38H38ClFN4O7/c1-24(23-50-33-16-15-27(40)21-34(33)51-28-12-8-11-26(39)20-28)41-37(47)30-22-35(45)42-31(19-25-9-4-3-5-10-25)38(48)44(2)17-18-49-32-14-7-6-13-29(32)36(46)43-30/h3-16,20-21,24,30-31H,17-19,22-23H2,1-2H3,(H,41,47)(H,42,45)(H,43,46)/t24-,30+,31-/m1/s1. The normalized spacial score (nSPS) is 17.5. The Morgan fingerprint density at radius 1 is 0.980 bits per heavy atom. The lowest BCUT2D eigenvalue weighted by Gasteiger charge is -2.27. The highest BCUT2D eigenvalue weighted by atomic mass is 35.5. The van der Waals surface area contributed by atoms with Gasteiger partial charge in [0.1, 0.15) is 42.6 Å². The van der Waals surface area contributed by atoms with Crippen LogP contribution < -0.4 is 30.2 Å². The maximum absolute atomic E-state index is 14.1. The van der Waals surface area contributed by atoms with E-state index in [0.717, 1.165) is 11.6 Å². The van der Waals surface area contributed by atoms with Crippen LogP contribution in [0.25, 0.3) is 0 Å². The molecule has 0 aliphatic carbocycles. The summed E-state index contributed by atoms with van der Waals surface area (Å²) in [6.45, 7) is 1.87. The molecule has 4 amide bonds. The van der Waals surface area contributed by atoms with Crippen LogP contribution in [0.5, 0.6) is 23.0 Å². The van der Waals surface area contributed by atoms with Crippen LogP contribution in [0.15, 0.2) is 97.1 Å². The minimum absolute atomic E-state index is 0.0766. The number of fused-ring (bicyclic) bond motifs is 1. The highest BCUT2D eigenvalue weighted by molar-refractivity contribution is 6.30. The first-order valence-corrected chi connectivity index (χ1v) is 16.7. The predicted molar refractivity (Wildman–Crippen MR) is 189 cm³/mol. The zero-order valence-corrected chi connectivity index (χ0v) is 28.8. The van der Waals surface area contributed by atoms with Gasteiger partial charge in [-0.15, -0.1) is 0 Å². The Morgan fingerprint density at radius 2 is 1.75 bits per heavy atom. The second-order valence-corrected chi connectivity index (χ2v) is 12.5. The van der Waals surface area contributed by atoms with Crippen molar-refractivity contribution in [2.24, 2.45) is 0 Å². The summed E-state index contributed by atoms with van der Waals surface area (Å²) >= 11 is 6.06. The maximum atomic E-state index is 14.1. The summed E-state index contributed by atoms with van der Waals surface area (Å²) in [5.74, 6) is -1.86. The minimum atomic E-state index is -1.34. The number of rotatable bonds is 9. The fraction of sp³-hybridized carbons (Fsp3) is 0.263. The molecule has 0 unspecified atom stereocenters. The third kappa shape index (κ3) is 10.4. The number of carbonyl (C=O) groups is 4. The summed E-state index contributed by atoms with van der Waals surface area (Å²) in [6.07, 6.45) is -0.254. The number of benzene rings is 4. The Hall–Kier alpha value is -5.62. The molecule has 0 radical (unpaired) electrons. The van der Waals surface area contributed by atoms with Crippen LogP contribution in [0.2, 0.25) is 5.02 Å². The number of amides is 4. The van der Waals surface area contributed by atoms with E-state index in [-0.39, 0.29) is 54.9 Å². The van der Waals surface area contributed by atoms with E-state index in [0.29, 0.717) is 10.8 Å². The lowest BCUT2D eigenvalue weighted by molar-refractivity contribution is -0.136. The molecule has 11 nitrogen and oxygen atoms in total. The minimum Gasteiger partial charge on any atom is -0.491 e. The highest BCUT2D eigenvalue weighted by Gasteiger charge is 2.30. The zero-order valence-electron chi connectivity index (χ0n) is 28.1. The van der Waals surface area contributed by atoms with Gasteiger partial charge in [0.25, 0.3) is 5.91 Å². The molecule has 0 aromatic heterocycles. The number of nitrogens with zero attached hydrogens (tertiary/aromatic N) is 1. The van der Waals surface area contributed by atoms with Gasteiger partial charge in [0.15, 0.2) is 11.5 Å². The summed E-state index contributed by atoms with van der Waals surface area (Å²) in [7, 11) is 1.61. The molecule has 266 valence electrons. The van der Waals surface area contributed by atoms with E-state index < -0.39 is 48.1 Å². The zero-order chi connectivity index (χ0) is 36.3. The van der Waals surface area contributed by atoms with E-state index in [2.05, 4.69) is 16.0 Å². The van der Waals surface area contributed by atoms with Gasteiger partial charge in [0.05, 0.1) is 24.6 Å². The quantitative estimate of drug-likeness (QED) is 0.224. The molecule has 13 heteroatoms. The summed E-state index contributed by atoms with van der Waals surface area (Å²) < 4.78 is 31.7. The molecular weight excluding hydrogens is 679 g/mol. The number of hydrogen-bond acceptors (Lipinski definition) is 7. The number of para-hydroxylation sites is 1. The smallest absolute Gasteiger partial charge is 0.255 e. The largest absolute Gasteiger partial charge is 0.491 e. The number of carbonyl (C=O) groups excluding carboxylic acids is 4. The van der Waals surface area contributed by atoms with Crippen molar-refractivity contribution >= 4 is 35.2 Å². The van der Waals surface area contributed by atoms with Crippen molar-refractivity contribution in [3.05, 3.63) is 119 Å². The summed E-state index contributed by atoms with van der Waals surface area (Å²) in [4.78, 5) is 55.7. The van der Waals surface area contributed by atoms with Crippen LogP contribution in [0.1, 0.15) is 29.3 Å². The second-order valence-electron chi connectivity index (χ2n) is 12.0. The SMILES string of the molecule is C[C@H](COc1ccc(F)cc1Oc1cccc(Cl)c1)NC(=O)[C@@H]1CC(=O)N[C@H](Cc2ccccc2)C(=O)N(C)CCOc2ccccc2C(=O)N1. The van der Waals surface area contributed by atoms with Crippen LogP contribution in [-0.2, 0) is 20.8 Å². The fourth-order valence-corrected chi connectivity index (χ4v) is 5.50. The Kier molecular flexibility index (Phi) is 12.5. The molecule has 3 N–H and O–H groups in total. The molecule has 0 saturated carbocycles. The van der Waals surface area contributed by atoms with Crippen molar-refractivity contribution in [2.45, 2.75) is 37.9 Å². The Balaban J connectivity index is 1.32. The van der Waals surface area contributed by atoms with Gasteiger partial charge in [0, 0.05) is 24.6 Å². The molecule has 5 rings (SSSR count). The van der Waals surface area contributed by atoms with E-state index in [4.69, 9.17) is 25.8 Å². The molecule has 1 aliphatic rings. The van der Waals surface area contributed by atoms with Crippen molar-refractivity contribution in [1.29, 1.82) is 0 Å². The van der Waals surface area contributed by atoms with Crippen molar-refractivity contribution in [2.75, 3.05) is 26.8 Å². The van der Waals surface area contributed by atoms with Gasteiger partial charge in [-0.25, -0.2) is 4.39 Å². The first-order chi connectivity index (χ1) is 24.5. The lowest BCUT2D eigenvalue weighted by atomic mass is 10.0. The monoisotopic (exact) mass is 716 g/mol. The van der Waals surface area contributed by atoms with Crippen molar-refractivity contribution in [3.8, 4) is 23.0 Å². The maximum Gasteiger partial charge on any atom is 0.255 e. The number of halogens is 2. The number of likely N-dealkylation sites (N-methyl/N-ethyl adjacent to an activating group) is 1. The van der Waals surface area contributed by atoms with Gasteiger partial charge >= 0.3 is 0 Å². The second kappa shape index (κ2) is 17.3. The van der Waals surface area contributed by atoms with Crippen LogP contribution in [0, 0.1) is 5.82 Å². The molecule has 1 aliphatic heterocycles. The number of hydrogen-bond donors (Lipinski definition) is 3. The number of ether oxygens (including phenoxy) is 3. The molecule has 3 atom stereocenters. The fourth-order valence-electron chi connectivity index (χ4n) is 5.32. The van der Waals surface area contributed by atoms with E-state index in [1.807, 2.05) is 30.3 Å². The average Bonchev–Trinajstić information content (AvgIpc) is 3.10. The first kappa shape index (κ1) is 36.7. The van der Waals surface area contributed by atoms with Gasteiger partial charge < -0.3 is 35.1 Å². The molecule has 1 heterocycles. The van der Waals surface area contributed by atoms with Crippen molar-refractivity contribution < 1.29 is 37.8 Å². The molecule has 51 heavy (non-hydrogen) atoms. The topological polar surface area (TPSA) is 135 Å². The Bertz CT molecular complexity index is 1860. The molecule has 0 fully saturated rings. The van der Waals surface area contributed by atoms with Gasteiger partial charge in [0.2, 0.25) is 17.7 Å². The Labute approximate surface area is 300 Å². The van der Waals surface area contributed by atoms with E-state index in [1.54, 1.807) is 62.5 Å². The van der Waals surface area contributed by atoms with Gasteiger partial charge in [-0.05, 0) is 55.0 Å². The van der Waals surface area contributed by atoms with Crippen molar-refractivity contribution in [3.63, 3.8) is 0 Å². The number of nitrogens with one attached hydrogen (secondary N) is 3. The van der Waals surface area contributed by atoms with E-state index in [9.17, 15) is 23.6 Å². The van der Waals surface area contributed by atoms with Crippen LogP contribution in [0.3, 0.4) is 0 Å². The van der Waals surface area contributed by atoms with Crippen molar-refractivity contribution in [1.82, 2.24) is 20.9 Å².